The van der Waals surface area contributed by atoms with Crippen molar-refractivity contribution in [3.63, 3.8) is 0 Å². The molecule has 0 N–H and O–H groups in total. The predicted octanol–water partition coefficient (Wildman–Crippen LogP) is 3.58. The molecule has 27 heavy (non-hydrogen) atoms. The van der Waals surface area contributed by atoms with Gasteiger partial charge in [-0.05, 0) is 61.9 Å². The Morgan fingerprint density at radius 3 is 2.30 bits per heavy atom. The maximum atomic E-state index is 12.4. The van der Waals surface area contributed by atoms with Crippen molar-refractivity contribution in [3.05, 3.63) is 58.6 Å². The molecule has 0 spiro atoms. The molecule has 1 heterocycles. The zero-order valence-electron chi connectivity index (χ0n) is 15.6. The van der Waals surface area contributed by atoms with Gasteiger partial charge >= 0.3 is 0 Å². The van der Waals surface area contributed by atoms with E-state index in [-0.39, 0.29) is 18.3 Å². The number of aryl methyl sites for hydroxylation is 1. The molecule has 0 aliphatic carbocycles. The summed E-state index contributed by atoms with van der Waals surface area (Å²) in [6, 6.07) is 13.0. The first kappa shape index (κ1) is 19.2. The number of carbonyl (C=O) groups excluding carboxylic acids is 2. The highest BCUT2D eigenvalue weighted by molar-refractivity contribution is 6.31. The maximum Gasteiger partial charge on any atom is 0.260 e. The van der Waals surface area contributed by atoms with Crippen LogP contribution in [0.3, 0.4) is 0 Å². The summed E-state index contributed by atoms with van der Waals surface area (Å²) < 4.78 is 5.61. The fourth-order valence-corrected chi connectivity index (χ4v) is 3.18. The van der Waals surface area contributed by atoms with Crippen LogP contribution in [0.2, 0.25) is 5.02 Å². The van der Waals surface area contributed by atoms with E-state index in [1.807, 2.05) is 42.2 Å². The Morgan fingerprint density at radius 2 is 1.70 bits per heavy atom. The average Bonchev–Trinajstić information content (AvgIpc) is 2.69. The normalized spacial score (nSPS) is 14.2. The van der Waals surface area contributed by atoms with E-state index in [1.54, 1.807) is 19.1 Å². The van der Waals surface area contributed by atoms with Gasteiger partial charge in [-0.15, -0.1) is 0 Å². The van der Waals surface area contributed by atoms with Crippen LogP contribution in [-0.4, -0.2) is 49.4 Å². The second kappa shape index (κ2) is 8.44. The standard InChI is InChI=1S/C21H23ClN2O3/c1-15-13-19(7-8-20(15)22)27-14-21(26)24-11-9-23(10-12-24)18-5-3-17(4-6-18)16(2)25/h3-8,13H,9-12,14H2,1-2H3. The van der Waals surface area contributed by atoms with E-state index < -0.39 is 0 Å². The number of Topliss-reactive ketones (excluding diaryl/α,β-unsaturated/α-hetero) is 1. The van der Waals surface area contributed by atoms with Crippen LogP contribution in [0.4, 0.5) is 5.69 Å². The molecule has 0 unspecified atom stereocenters. The average molecular weight is 387 g/mol. The van der Waals surface area contributed by atoms with Crippen LogP contribution >= 0.6 is 11.6 Å². The van der Waals surface area contributed by atoms with Gasteiger partial charge in [0.2, 0.25) is 0 Å². The molecule has 0 saturated carbocycles. The van der Waals surface area contributed by atoms with Gasteiger partial charge in [0.15, 0.2) is 12.4 Å². The second-order valence-electron chi connectivity index (χ2n) is 6.67. The first-order valence-corrected chi connectivity index (χ1v) is 9.34. The molecule has 1 fully saturated rings. The number of benzene rings is 2. The van der Waals surface area contributed by atoms with Gasteiger partial charge in [0.25, 0.3) is 5.91 Å². The Bertz CT molecular complexity index is 828. The number of ketones is 1. The van der Waals surface area contributed by atoms with E-state index in [0.717, 1.165) is 24.3 Å². The fourth-order valence-electron chi connectivity index (χ4n) is 3.06. The Kier molecular flexibility index (Phi) is 6.01. The van der Waals surface area contributed by atoms with Crippen LogP contribution < -0.4 is 9.64 Å². The summed E-state index contributed by atoms with van der Waals surface area (Å²) in [5.41, 5.74) is 2.70. The minimum atomic E-state index is -0.0193. The Balaban J connectivity index is 1.50. The molecule has 1 aliphatic heterocycles. The summed E-state index contributed by atoms with van der Waals surface area (Å²) in [6.45, 7) is 6.30. The monoisotopic (exact) mass is 386 g/mol. The lowest BCUT2D eigenvalue weighted by molar-refractivity contribution is -0.133. The fraction of sp³-hybridized carbons (Fsp3) is 0.333. The highest BCUT2D eigenvalue weighted by Gasteiger charge is 2.21. The van der Waals surface area contributed by atoms with Crippen molar-refractivity contribution in [1.29, 1.82) is 0 Å². The molecule has 1 amide bonds. The van der Waals surface area contributed by atoms with Crippen molar-refractivity contribution < 1.29 is 14.3 Å². The SMILES string of the molecule is CC(=O)c1ccc(N2CCN(C(=O)COc3ccc(Cl)c(C)c3)CC2)cc1. The number of hydrogen-bond donors (Lipinski definition) is 0. The van der Waals surface area contributed by atoms with E-state index in [4.69, 9.17) is 16.3 Å². The first-order chi connectivity index (χ1) is 12.9. The lowest BCUT2D eigenvalue weighted by Gasteiger charge is -2.36. The molecule has 6 heteroatoms. The zero-order chi connectivity index (χ0) is 19.4. The lowest BCUT2D eigenvalue weighted by atomic mass is 10.1. The van der Waals surface area contributed by atoms with E-state index in [2.05, 4.69) is 4.90 Å². The molecule has 2 aromatic carbocycles. The van der Waals surface area contributed by atoms with E-state index in [1.165, 1.54) is 0 Å². The summed E-state index contributed by atoms with van der Waals surface area (Å²) in [5, 5.41) is 0.682. The number of hydrogen-bond acceptors (Lipinski definition) is 4. The summed E-state index contributed by atoms with van der Waals surface area (Å²) >= 11 is 6.00. The van der Waals surface area contributed by atoms with Crippen LogP contribution in [-0.2, 0) is 4.79 Å². The van der Waals surface area contributed by atoms with Crippen LogP contribution in [0.1, 0.15) is 22.8 Å². The van der Waals surface area contributed by atoms with Gasteiger partial charge in [-0.3, -0.25) is 9.59 Å². The topological polar surface area (TPSA) is 49.9 Å². The molecule has 0 atom stereocenters. The summed E-state index contributed by atoms with van der Waals surface area (Å²) in [5.74, 6) is 0.691. The van der Waals surface area contributed by atoms with E-state index in [0.29, 0.717) is 29.4 Å². The number of anilines is 1. The largest absolute Gasteiger partial charge is 0.484 e. The van der Waals surface area contributed by atoms with Gasteiger partial charge < -0.3 is 14.5 Å². The number of ether oxygens (including phenoxy) is 1. The van der Waals surface area contributed by atoms with Gasteiger partial charge in [-0.25, -0.2) is 0 Å². The molecule has 1 saturated heterocycles. The van der Waals surface area contributed by atoms with Crippen LogP contribution in [0.15, 0.2) is 42.5 Å². The molecule has 5 nitrogen and oxygen atoms in total. The van der Waals surface area contributed by atoms with Crippen molar-refractivity contribution >= 4 is 29.0 Å². The minimum absolute atomic E-state index is 0.0193. The molecule has 0 radical (unpaired) electrons. The number of halogens is 1. The third-order valence-electron chi connectivity index (χ3n) is 4.76. The Hall–Kier alpha value is -2.53. The maximum absolute atomic E-state index is 12.4. The van der Waals surface area contributed by atoms with Crippen LogP contribution in [0.5, 0.6) is 5.75 Å². The summed E-state index contributed by atoms with van der Waals surface area (Å²) in [7, 11) is 0. The number of piperazine rings is 1. The summed E-state index contributed by atoms with van der Waals surface area (Å²) in [6.07, 6.45) is 0. The molecular weight excluding hydrogens is 364 g/mol. The van der Waals surface area contributed by atoms with Gasteiger partial charge in [0.1, 0.15) is 5.75 Å². The number of rotatable bonds is 5. The Morgan fingerprint density at radius 1 is 1.04 bits per heavy atom. The van der Waals surface area contributed by atoms with Gasteiger partial charge in [-0.2, -0.15) is 0 Å². The smallest absolute Gasteiger partial charge is 0.260 e. The highest BCUT2D eigenvalue weighted by Crippen LogP contribution is 2.21. The third kappa shape index (κ3) is 4.80. The van der Waals surface area contributed by atoms with Gasteiger partial charge in [0.05, 0.1) is 0 Å². The van der Waals surface area contributed by atoms with Crippen molar-refractivity contribution in [1.82, 2.24) is 4.90 Å². The molecule has 3 rings (SSSR count). The molecule has 1 aliphatic rings. The Labute approximate surface area is 164 Å². The summed E-state index contributed by atoms with van der Waals surface area (Å²) in [4.78, 5) is 27.8. The van der Waals surface area contributed by atoms with Gasteiger partial charge in [-0.1, -0.05) is 11.6 Å². The van der Waals surface area contributed by atoms with Crippen molar-refractivity contribution in [2.75, 3.05) is 37.7 Å². The number of amides is 1. The van der Waals surface area contributed by atoms with Crippen LogP contribution in [0, 0.1) is 6.92 Å². The zero-order valence-corrected chi connectivity index (χ0v) is 16.3. The molecule has 0 bridgehead atoms. The quantitative estimate of drug-likeness (QED) is 0.737. The molecule has 142 valence electrons. The van der Waals surface area contributed by atoms with Crippen molar-refractivity contribution in [2.24, 2.45) is 0 Å². The van der Waals surface area contributed by atoms with Crippen molar-refractivity contribution in [2.45, 2.75) is 13.8 Å². The molecule has 0 aromatic heterocycles. The lowest BCUT2D eigenvalue weighted by Crippen LogP contribution is -2.50. The van der Waals surface area contributed by atoms with E-state index in [9.17, 15) is 9.59 Å². The number of nitrogens with zero attached hydrogens (tertiary/aromatic N) is 2. The first-order valence-electron chi connectivity index (χ1n) is 8.97. The number of carbonyl (C=O) groups is 2. The van der Waals surface area contributed by atoms with Gasteiger partial charge in [0, 0.05) is 42.5 Å². The minimum Gasteiger partial charge on any atom is -0.484 e. The van der Waals surface area contributed by atoms with Crippen LogP contribution in [0.25, 0.3) is 0 Å². The van der Waals surface area contributed by atoms with E-state index >= 15 is 0 Å². The molecule has 2 aromatic rings. The molecular formula is C21H23ClN2O3. The predicted molar refractivity (Wildman–Crippen MR) is 107 cm³/mol. The third-order valence-corrected chi connectivity index (χ3v) is 5.19. The highest BCUT2D eigenvalue weighted by atomic mass is 35.5. The van der Waals surface area contributed by atoms with Crippen molar-refractivity contribution in [3.8, 4) is 5.75 Å². The second-order valence-corrected chi connectivity index (χ2v) is 7.08.